The van der Waals surface area contributed by atoms with Crippen molar-refractivity contribution < 1.29 is 22.7 Å². The first kappa shape index (κ1) is 22.0. The second-order valence-electron chi connectivity index (χ2n) is 7.86. The number of halogens is 3. The smallest absolute Gasteiger partial charge is 0.419 e. The van der Waals surface area contributed by atoms with Gasteiger partial charge >= 0.3 is 6.18 Å². The summed E-state index contributed by atoms with van der Waals surface area (Å²) < 4.78 is 45.2. The molecule has 3 aliphatic rings. The molecule has 0 spiro atoms. The molecular formula is C24H24F3N3O2. The predicted molar refractivity (Wildman–Crippen MR) is 116 cm³/mol. The predicted octanol–water partition coefficient (Wildman–Crippen LogP) is 4.08. The molecule has 8 heteroatoms. The van der Waals surface area contributed by atoms with Gasteiger partial charge in [-0.15, -0.1) is 0 Å². The van der Waals surface area contributed by atoms with Crippen molar-refractivity contribution in [2.75, 3.05) is 26.7 Å². The fraction of sp³-hybridized carbons (Fsp3) is 0.292. The Hall–Kier alpha value is -3.26. The number of nitrogens with one attached hydrogen (secondary N) is 1. The van der Waals surface area contributed by atoms with Crippen LogP contribution in [0.3, 0.4) is 0 Å². The van der Waals surface area contributed by atoms with Crippen LogP contribution in [0.4, 0.5) is 13.2 Å². The maximum Gasteiger partial charge on any atom is 0.419 e. The minimum absolute atomic E-state index is 0.260. The standard InChI is InChI=1S/C24H24F3N3O2/c1-16-14-29(11-10-28-16)20-8-7-19-5-3-4-17(13-23(31)30(19)15-20)18-6-9-22(32-2)21(12-18)24(25,26)27/h3-9,12-13,15-16,28H,10-11,14H2,1-2H3/b4-3?,17-13?,19-5+/t16-/m1/s1. The highest BCUT2D eigenvalue weighted by Crippen LogP contribution is 2.38. The Morgan fingerprint density at radius 3 is 2.66 bits per heavy atom. The largest absolute Gasteiger partial charge is 0.496 e. The average Bonchev–Trinajstić information content (AvgIpc) is 2.76. The van der Waals surface area contributed by atoms with Crippen LogP contribution in [0.5, 0.6) is 5.75 Å². The fourth-order valence-electron chi connectivity index (χ4n) is 3.97. The molecule has 168 valence electrons. The van der Waals surface area contributed by atoms with Crippen LogP contribution in [-0.2, 0) is 11.0 Å². The van der Waals surface area contributed by atoms with Gasteiger partial charge in [0.2, 0.25) is 0 Å². The lowest BCUT2D eigenvalue weighted by Crippen LogP contribution is -2.48. The lowest BCUT2D eigenvalue weighted by atomic mass is 9.99. The molecule has 1 aromatic carbocycles. The molecule has 1 atom stereocenters. The number of piperazine rings is 1. The van der Waals surface area contributed by atoms with Crippen molar-refractivity contribution in [3.8, 4) is 5.75 Å². The van der Waals surface area contributed by atoms with E-state index in [0.717, 1.165) is 31.4 Å². The Morgan fingerprint density at radius 1 is 1.16 bits per heavy atom. The number of hydrogen-bond donors (Lipinski definition) is 1. The van der Waals surface area contributed by atoms with Crippen LogP contribution in [0.2, 0.25) is 0 Å². The van der Waals surface area contributed by atoms with Gasteiger partial charge in [0.15, 0.2) is 0 Å². The van der Waals surface area contributed by atoms with E-state index in [0.29, 0.717) is 17.3 Å². The van der Waals surface area contributed by atoms with Gasteiger partial charge in [0.05, 0.1) is 18.4 Å². The summed E-state index contributed by atoms with van der Waals surface area (Å²) >= 11 is 0. The highest BCUT2D eigenvalue weighted by Gasteiger charge is 2.34. The molecule has 3 heterocycles. The third kappa shape index (κ3) is 4.50. The topological polar surface area (TPSA) is 44.8 Å². The zero-order valence-corrected chi connectivity index (χ0v) is 17.8. The summed E-state index contributed by atoms with van der Waals surface area (Å²) in [6.45, 7) is 4.61. The summed E-state index contributed by atoms with van der Waals surface area (Å²) in [4.78, 5) is 16.8. The summed E-state index contributed by atoms with van der Waals surface area (Å²) in [5.74, 6) is -0.589. The average molecular weight is 443 g/mol. The first-order valence-electron chi connectivity index (χ1n) is 10.3. The number of fused-ring (bicyclic) bond motifs is 1. The highest BCUT2D eigenvalue weighted by atomic mass is 19.4. The summed E-state index contributed by atoms with van der Waals surface area (Å²) in [7, 11) is 1.20. The van der Waals surface area contributed by atoms with E-state index in [1.807, 2.05) is 12.2 Å². The monoisotopic (exact) mass is 443 g/mol. The summed E-state index contributed by atoms with van der Waals surface area (Å²) in [6, 6.07) is 4.13. The summed E-state index contributed by atoms with van der Waals surface area (Å²) in [5, 5.41) is 3.39. The number of nitrogens with zero attached hydrogens (tertiary/aromatic N) is 2. The van der Waals surface area contributed by atoms with Crippen LogP contribution in [-0.4, -0.2) is 48.5 Å². The van der Waals surface area contributed by atoms with Crippen molar-refractivity contribution in [2.24, 2.45) is 0 Å². The molecule has 0 aliphatic carbocycles. The molecule has 1 saturated heterocycles. The van der Waals surface area contributed by atoms with Crippen molar-refractivity contribution in [2.45, 2.75) is 19.1 Å². The van der Waals surface area contributed by atoms with Gasteiger partial charge in [-0.1, -0.05) is 18.2 Å². The molecule has 1 amide bonds. The molecule has 1 aromatic rings. The number of benzene rings is 1. The van der Waals surface area contributed by atoms with Gasteiger partial charge in [0.25, 0.3) is 5.91 Å². The van der Waals surface area contributed by atoms with Crippen molar-refractivity contribution in [1.29, 1.82) is 0 Å². The minimum atomic E-state index is -4.57. The zero-order valence-electron chi connectivity index (χ0n) is 17.8. The molecule has 3 aliphatic heterocycles. The Bertz CT molecular complexity index is 1070. The molecule has 0 unspecified atom stereocenters. The maximum absolute atomic E-state index is 13.4. The lowest BCUT2D eigenvalue weighted by Gasteiger charge is -2.36. The Kier molecular flexibility index (Phi) is 5.97. The Labute approximate surface area is 184 Å². The molecule has 1 N–H and O–H groups in total. The van der Waals surface area contributed by atoms with E-state index in [2.05, 4.69) is 17.1 Å². The second kappa shape index (κ2) is 8.70. The molecule has 4 rings (SSSR count). The summed E-state index contributed by atoms with van der Waals surface area (Å²) in [5.41, 5.74) is 1.41. The number of alkyl halides is 3. The molecular weight excluding hydrogens is 419 g/mol. The van der Waals surface area contributed by atoms with Crippen molar-refractivity contribution in [3.63, 3.8) is 0 Å². The number of ether oxygens (including phenoxy) is 1. The van der Waals surface area contributed by atoms with Crippen LogP contribution >= 0.6 is 0 Å². The van der Waals surface area contributed by atoms with E-state index in [1.54, 1.807) is 24.4 Å². The van der Waals surface area contributed by atoms with Gasteiger partial charge < -0.3 is 15.0 Å². The van der Waals surface area contributed by atoms with E-state index in [-0.39, 0.29) is 17.2 Å². The van der Waals surface area contributed by atoms with Gasteiger partial charge in [0, 0.05) is 43.6 Å². The second-order valence-corrected chi connectivity index (χ2v) is 7.86. The van der Waals surface area contributed by atoms with Gasteiger partial charge in [0.1, 0.15) is 5.75 Å². The number of hydrogen-bond acceptors (Lipinski definition) is 4. The van der Waals surface area contributed by atoms with Crippen LogP contribution in [0.15, 0.2) is 72.2 Å². The van der Waals surface area contributed by atoms with E-state index >= 15 is 0 Å². The van der Waals surface area contributed by atoms with Crippen molar-refractivity contribution >= 4 is 11.5 Å². The quantitative estimate of drug-likeness (QED) is 0.765. The van der Waals surface area contributed by atoms with E-state index in [9.17, 15) is 18.0 Å². The van der Waals surface area contributed by atoms with Crippen LogP contribution in [0.25, 0.3) is 5.57 Å². The molecule has 0 aromatic heterocycles. The van der Waals surface area contributed by atoms with E-state index < -0.39 is 11.7 Å². The maximum atomic E-state index is 13.4. The fourth-order valence-corrected chi connectivity index (χ4v) is 3.97. The summed E-state index contributed by atoms with van der Waals surface area (Å²) in [6.07, 6.45) is 7.56. The number of rotatable bonds is 3. The SMILES string of the molecule is COc1ccc(C2=CC(=O)N3C=C(N4CCN[C@H](C)C4)C=C/C3=C\C=C2)cc1C(F)(F)F. The van der Waals surface area contributed by atoms with E-state index in [4.69, 9.17) is 4.74 Å². The lowest BCUT2D eigenvalue weighted by molar-refractivity contribution is -0.138. The zero-order chi connectivity index (χ0) is 22.9. The van der Waals surface area contributed by atoms with Gasteiger partial charge in [-0.3, -0.25) is 9.69 Å². The normalized spacial score (nSPS) is 23.0. The first-order chi connectivity index (χ1) is 15.3. The van der Waals surface area contributed by atoms with Crippen molar-refractivity contribution in [3.05, 3.63) is 83.4 Å². The van der Waals surface area contributed by atoms with Crippen LogP contribution in [0.1, 0.15) is 18.1 Å². The van der Waals surface area contributed by atoms with Gasteiger partial charge in [-0.25, -0.2) is 0 Å². The molecule has 0 radical (unpaired) electrons. The molecule has 0 bridgehead atoms. The third-order valence-corrected chi connectivity index (χ3v) is 5.60. The first-order valence-corrected chi connectivity index (χ1v) is 10.3. The Morgan fingerprint density at radius 2 is 1.94 bits per heavy atom. The molecule has 5 nitrogen and oxygen atoms in total. The van der Waals surface area contributed by atoms with Crippen LogP contribution in [0, 0.1) is 0 Å². The molecule has 0 saturated carbocycles. The highest BCUT2D eigenvalue weighted by molar-refractivity contribution is 6.00. The van der Waals surface area contributed by atoms with Crippen LogP contribution < -0.4 is 10.1 Å². The third-order valence-electron chi connectivity index (χ3n) is 5.60. The number of carbonyl (C=O) groups is 1. The minimum Gasteiger partial charge on any atom is -0.496 e. The number of carbonyl (C=O) groups excluding carboxylic acids is 1. The van der Waals surface area contributed by atoms with Gasteiger partial charge in [-0.05, 0) is 48.4 Å². The van der Waals surface area contributed by atoms with E-state index in [1.165, 1.54) is 30.2 Å². The number of amides is 1. The van der Waals surface area contributed by atoms with Gasteiger partial charge in [-0.2, -0.15) is 13.2 Å². The molecule has 32 heavy (non-hydrogen) atoms. The number of allylic oxidation sites excluding steroid dienone is 6. The van der Waals surface area contributed by atoms with Crippen molar-refractivity contribution in [1.82, 2.24) is 15.1 Å². The Balaban J connectivity index is 1.67. The molecule has 1 fully saturated rings. The number of methoxy groups -OCH3 is 1.